The van der Waals surface area contributed by atoms with Crippen molar-refractivity contribution >= 4 is 52.6 Å². The van der Waals surface area contributed by atoms with Crippen molar-refractivity contribution in [3.63, 3.8) is 0 Å². The maximum atomic E-state index is 12.8. The zero-order valence-electron chi connectivity index (χ0n) is 29.1. The third-order valence-electron chi connectivity index (χ3n) is 7.36. The number of benzene rings is 3. The minimum atomic E-state index is -4.34. The SMILES string of the molecule is C/C=C(\Nc1ccc(C)c(C)c1)c1cccc(C(F)(F)F)c1.C=CC(=O)NC(CC(C)C)C(=O)Nc1cccc(Nc2ncc(NC=O)cn2)c1. The molecule has 51 heavy (non-hydrogen) atoms. The van der Waals surface area contributed by atoms with Crippen LogP contribution in [0.5, 0.6) is 0 Å². The van der Waals surface area contributed by atoms with E-state index in [1.807, 2.05) is 45.9 Å². The highest BCUT2D eigenvalue weighted by molar-refractivity contribution is 5.99. The van der Waals surface area contributed by atoms with Gasteiger partial charge in [0.2, 0.25) is 24.2 Å². The van der Waals surface area contributed by atoms with Gasteiger partial charge >= 0.3 is 6.18 Å². The summed E-state index contributed by atoms with van der Waals surface area (Å²) in [6.45, 7) is 13.2. The maximum absolute atomic E-state index is 12.8. The molecule has 0 saturated heterocycles. The minimum Gasteiger partial charge on any atom is -0.355 e. The molecule has 1 aromatic heterocycles. The molecule has 1 atom stereocenters. The van der Waals surface area contributed by atoms with E-state index in [1.54, 1.807) is 43.3 Å². The lowest BCUT2D eigenvalue weighted by Crippen LogP contribution is -2.44. The first-order valence-corrected chi connectivity index (χ1v) is 16.0. The van der Waals surface area contributed by atoms with Crippen LogP contribution in [0.1, 0.15) is 49.4 Å². The average Bonchev–Trinajstić information content (AvgIpc) is 3.09. The number of halogens is 3. The Morgan fingerprint density at radius 2 is 1.53 bits per heavy atom. The van der Waals surface area contributed by atoms with Gasteiger partial charge in [0.05, 0.1) is 23.6 Å². The summed E-state index contributed by atoms with van der Waals surface area (Å²) >= 11 is 0. The predicted octanol–water partition coefficient (Wildman–Crippen LogP) is 8.24. The topological polar surface area (TPSA) is 137 Å². The van der Waals surface area contributed by atoms with Crippen molar-refractivity contribution in [1.82, 2.24) is 15.3 Å². The number of aromatic nitrogens is 2. The van der Waals surface area contributed by atoms with Gasteiger partial charge in [-0.2, -0.15) is 13.2 Å². The second-order valence-corrected chi connectivity index (χ2v) is 11.9. The molecule has 1 heterocycles. The fourth-order valence-corrected chi connectivity index (χ4v) is 4.65. The highest BCUT2D eigenvalue weighted by atomic mass is 19.4. The largest absolute Gasteiger partial charge is 0.416 e. The fourth-order valence-electron chi connectivity index (χ4n) is 4.65. The summed E-state index contributed by atoms with van der Waals surface area (Å²) in [5, 5.41) is 14.1. The first-order chi connectivity index (χ1) is 24.2. The van der Waals surface area contributed by atoms with Gasteiger partial charge in [0.25, 0.3) is 0 Å². The van der Waals surface area contributed by atoms with Crippen LogP contribution in [0.3, 0.4) is 0 Å². The van der Waals surface area contributed by atoms with Crippen LogP contribution in [-0.2, 0) is 20.6 Å². The van der Waals surface area contributed by atoms with Gasteiger partial charge in [-0.15, -0.1) is 0 Å². The van der Waals surface area contributed by atoms with E-state index in [0.717, 1.165) is 29.5 Å². The summed E-state index contributed by atoms with van der Waals surface area (Å²) in [5.74, 6) is -0.156. The van der Waals surface area contributed by atoms with E-state index in [1.165, 1.54) is 24.0 Å². The molecule has 0 aliphatic carbocycles. The second kappa shape index (κ2) is 18.7. The molecule has 0 spiro atoms. The van der Waals surface area contributed by atoms with Crippen LogP contribution in [0, 0.1) is 19.8 Å². The molecule has 268 valence electrons. The number of nitrogens with zero attached hydrogens (tertiary/aromatic N) is 2. The normalized spacial score (nSPS) is 11.7. The Balaban J connectivity index is 0.000000286. The van der Waals surface area contributed by atoms with Gasteiger partial charge in [-0.25, -0.2) is 9.97 Å². The highest BCUT2D eigenvalue weighted by Gasteiger charge is 2.30. The lowest BCUT2D eigenvalue weighted by atomic mass is 10.0. The van der Waals surface area contributed by atoms with Crippen LogP contribution in [0.4, 0.5) is 41.9 Å². The molecule has 0 radical (unpaired) electrons. The van der Waals surface area contributed by atoms with Crippen molar-refractivity contribution in [1.29, 1.82) is 0 Å². The molecule has 10 nitrogen and oxygen atoms in total. The summed E-state index contributed by atoms with van der Waals surface area (Å²) in [5.41, 5.74) is 5.36. The smallest absolute Gasteiger partial charge is 0.355 e. The minimum absolute atomic E-state index is 0.220. The second-order valence-electron chi connectivity index (χ2n) is 11.9. The summed E-state index contributed by atoms with van der Waals surface area (Å²) < 4.78 is 38.5. The number of aryl methyl sites for hydroxylation is 2. The molecular weight excluding hydrogens is 659 g/mol. The Morgan fingerprint density at radius 1 is 0.863 bits per heavy atom. The quantitative estimate of drug-likeness (QED) is 0.0700. The molecule has 5 N–H and O–H groups in total. The van der Waals surface area contributed by atoms with Crippen molar-refractivity contribution in [2.75, 3.05) is 21.3 Å². The van der Waals surface area contributed by atoms with Gasteiger partial charge in [0.1, 0.15) is 6.04 Å². The number of allylic oxidation sites excluding steroid dienone is 1. The van der Waals surface area contributed by atoms with E-state index in [9.17, 15) is 27.6 Å². The van der Waals surface area contributed by atoms with Crippen LogP contribution in [-0.4, -0.2) is 34.2 Å². The number of carbonyl (C=O) groups is 3. The van der Waals surface area contributed by atoms with Gasteiger partial charge in [-0.1, -0.05) is 50.8 Å². The summed E-state index contributed by atoms with van der Waals surface area (Å²) in [6.07, 6.45) is 2.55. The van der Waals surface area contributed by atoms with Crippen molar-refractivity contribution in [3.05, 3.63) is 120 Å². The molecular formula is C38H42F3N7O3. The summed E-state index contributed by atoms with van der Waals surface area (Å²) in [7, 11) is 0. The van der Waals surface area contributed by atoms with Gasteiger partial charge in [0.15, 0.2) is 0 Å². The molecule has 0 fully saturated rings. The standard InChI is InChI=1S/C20H24N6O3.C18H18F3N/c1-4-18(28)26-17(8-13(2)3)19(29)24-14-6-5-7-15(9-14)25-20-21-10-16(11-22-20)23-12-27;1-4-17(22-16-9-8-12(2)13(3)10-16)14-6-5-7-15(11-14)18(19,20)21/h4-7,9-13,17H,1,8H2,2-3H3,(H,23,27)(H,24,29)(H,26,28)(H,21,22,25);4-11,22H,1-3H3/b;17-4-. The Morgan fingerprint density at radius 3 is 2.14 bits per heavy atom. The Hall–Kier alpha value is -5.98. The monoisotopic (exact) mass is 701 g/mol. The van der Waals surface area contributed by atoms with Crippen LogP contribution < -0.4 is 26.6 Å². The van der Waals surface area contributed by atoms with Crippen LogP contribution in [0.15, 0.2) is 97.9 Å². The fraction of sp³-hybridized carbons (Fsp3) is 0.237. The number of nitrogens with one attached hydrogen (secondary N) is 5. The van der Waals surface area contributed by atoms with Gasteiger partial charge in [-0.05, 0) is 98.3 Å². The van der Waals surface area contributed by atoms with E-state index < -0.39 is 23.7 Å². The Bertz CT molecular complexity index is 1840. The molecule has 0 aliphatic heterocycles. The molecule has 3 amide bonds. The van der Waals surface area contributed by atoms with E-state index in [4.69, 9.17) is 0 Å². The third kappa shape index (κ3) is 12.8. The van der Waals surface area contributed by atoms with E-state index in [-0.39, 0.29) is 11.8 Å². The number of alkyl halides is 3. The van der Waals surface area contributed by atoms with E-state index in [0.29, 0.717) is 47.1 Å². The third-order valence-corrected chi connectivity index (χ3v) is 7.36. The molecule has 4 rings (SSSR count). The number of rotatable bonds is 13. The van der Waals surface area contributed by atoms with Crippen LogP contribution in [0.2, 0.25) is 0 Å². The average molecular weight is 702 g/mol. The van der Waals surface area contributed by atoms with E-state index in [2.05, 4.69) is 43.1 Å². The number of hydrogen-bond acceptors (Lipinski definition) is 7. The molecule has 0 aliphatic rings. The first-order valence-electron chi connectivity index (χ1n) is 16.0. The zero-order chi connectivity index (χ0) is 37.6. The van der Waals surface area contributed by atoms with Gasteiger partial charge in [0, 0.05) is 22.8 Å². The number of amides is 3. The highest BCUT2D eigenvalue weighted by Crippen LogP contribution is 2.31. The first kappa shape index (κ1) is 39.5. The molecule has 0 saturated carbocycles. The molecule has 1 unspecified atom stereocenters. The number of hydrogen-bond donors (Lipinski definition) is 5. The number of carbonyl (C=O) groups excluding carboxylic acids is 3. The van der Waals surface area contributed by atoms with Crippen molar-refractivity contribution < 1.29 is 27.6 Å². The van der Waals surface area contributed by atoms with Crippen LogP contribution in [0.25, 0.3) is 5.70 Å². The zero-order valence-corrected chi connectivity index (χ0v) is 29.1. The lowest BCUT2D eigenvalue weighted by molar-refractivity contribution is -0.137. The Kier molecular flexibility index (Phi) is 14.5. The molecule has 3 aromatic carbocycles. The molecule has 0 bridgehead atoms. The summed E-state index contributed by atoms with van der Waals surface area (Å²) in [4.78, 5) is 42.9. The molecule has 4 aromatic rings. The maximum Gasteiger partial charge on any atom is 0.416 e. The predicted molar refractivity (Wildman–Crippen MR) is 196 cm³/mol. The van der Waals surface area contributed by atoms with Crippen molar-refractivity contribution in [2.24, 2.45) is 5.92 Å². The van der Waals surface area contributed by atoms with Crippen LogP contribution >= 0.6 is 0 Å². The molecule has 13 heteroatoms. The van der Waals surface area contributed by atoms with E-state index >= 15 is 0 Å². The van der Waals surface area contributed by atoms with Gasteiger partial charge in [-0.3, -0.25) is 14.4 Å². The van der Waals surface area contributed by atoms with Gasteiger partial charge < -0.3 is 26.6 Å². The number of anilines is 5. The Labute approximate surface area is 295 Å². The van der Waals surface area contributed by atoms with Crippen molar-refractivity contribution in [3.8, 4) is 0 Å². The van der Waals surface area contributed by atoms with Crippen molar-refractivity contribution in [2.45, 2.75) is 53.3 Å². The summed E-state index contributed by atoms with van der Waals surface area (Å²) in [6, 6.07) is 17.5. The lowest BCUT2D eigenvalue weighted by Gasteiger charge is -2.19.